The number of halogens is 3. The maximum Gasteiger partial charge on any atom is 0.431 e. The highest BCUT2D eigenvalue weighted by molar-refractivity contribution is 5.88. The van der Waals surface area contributed by atoms with Gasteiger partial charge in [-0.25, -0.2) is 9.97 Å². The third-order valence-corrected chi connectivity index (χ3v) is 6.96. The average molecular weight is 461 g/mol. The summed E-state index contributed by atoms with van der Waals surface area (Å²) in [7, 11) is 1.72. The number of aromatic amines is 1. The molecule has 0 spiro atoms. The number of nitrogens with one attached hydrogen (secondary N) is 2. The van der Waals surface area contributed by atoms with Crippen LogP contribution in [0.2, 0.25) is 0 Å². The second kappa shape index (κ2) is 7.88. The lowest BCUT2D eigenvalue weighted by Gasteiger charge is -2.52. The van der Waals surface area contributed by atoms with E-state index in [9.17, 15) is 13.2 Å². The van der Waals surface area contributed by atoms with Gasteiger partial charge in [-0.15, -0.1) is 0 Å². The molecule has 2 N–H and O–H groups in total. The molecule has 4 heterocycles. The van der Waals surface area contributed by atoms with Crippen molar-refractivity contribution in [1.29, 1.82) is 0 Å². The van der Waals surface area contributed by atoms with Gasteiger partial charge in [0, 0.05) is 31.7 Å². The number of methoxy groups -OCH3 is 1. The number of fused-ring (bicyclic) bond motifs is 2. The van der Waals surface area contributed by atoms with E-state index < -0.39 is 11.9 Å². The lowest BCUT2D eigenvalue weighted by molar-refractivity contribution is -0.140. The van der Waals surface area contributed by atoms with Crippen LogP contribution in [0.15, 0.2) is 36.7 Å². The van der Waals surface area contributed by atoms with Gasteiger partial charge in [-0.3, -0.25) is 4.90 Å². The average Bonchev–Trinajstić information content (AvgIpc) is 3.20. The van der Waals surface area contributed by atoms with Gasteiger partial charge in [-0.05, 0) is 26.0 Å². The number of hydrogen-bond acceptors (Lipinski definition) is 6. The summed E-state index contributed by atoms with van der Waals surface area (Å²) in [5.41, 5.74) is 0.00613. The molecule has 0 saturated carbocycles. The van der Waals surface area contributed by atoms with E-state index in [4.69, 9.17) is 9.47 Å². The van der Waals surface area contributed by atoms with Crippen molar-refractivity contribution in [3.63, 3.8) is 0 Å². The zero-order chi connectivity index (χ0) is 23.4. The number of anilines is 1. The molecular weight excluding hydrogens is 435 g/mol. The largest absolute Gasteiger partial charge is 0.491 e. The summed E-state index contributed by atoms with van der Waals surface area (Å²) < 4.78 is 51.5. The third-order valence-electron chi connectivity index (χ3n) is 6.96. The number of benzene rings is 1. The van der Waals surface area contributed by atoms with Crippen LogP contribution >= 0.6 is 0 Å². The summed E-state index contributed by atoms with van der Waals surface area (Å²) in [6.45, 7) is 6.32. The number of likely N-dealkylation sites (tertiary alicyclic amines) is 1. The van der Waals surface area contributed by atoms with E-state index in [-0.39, 0.29) is 23.3 Å². The Balaban J connectivity index is 1.47. The number of ether oxygens (including phenoxy) is 2. The Morgan fingerprint density at radius 1 is 1.18 bits per heavy atom. The molecule has 1 fully saturated rings. The quantitative estimate of drug-likeness (QED) is 0.592. The van der Waals surface area contributed by atoms with Crippen LogP contribution in [0, 0.1) is 5.92 Å². The first-order chi connectivity index (χ1) is 15.7. The number of aromatic nitrogens is 3. The van der Waals surface area contributed by atoms with Crippen LogP contribution in [-0.2, 0) is 10.9 Å². The zero-order valence-corrected chi connectivity index (χ0v) is 18.6. The smallest absolute Gasteiger partial charge is 0.431 e. The van der Waals surface area contributed by atoms with Crippen molar-refractivity contribution in [2.45, 2.75) is 37.7 Å². The molecular formula is C23H26F3N5O2. The van der Waals surface area contributed by atoms with Gasteiger partial charge in [0.05, 0.1) is 23.1 Å². The highest BCUT2D eigenvalue weighted by Crippen LogP contribution is 2.41. The van der Waals surface area contributed by atoms with Crippen molar-refractivity contribution in [1.82, 2.24) is 19.9 Å². The van der Waals surface area contributed by atoms with Crippen molar-refractivity contribution in [2.75, 3.05) is 32.1 Å². The molecule has 1 aromatic carbocycles. The molecule has 33 heavy (non-hydrogen) atoms. The van der Waals surface area contributed by atoms with Crippen LogP contribution in [-0.4, -0.2) is 58.3 Å². The number of H-pyrrole nitrogens is 1. The molecule has 2 aliphatic rings. The van der Waals surface area contributed by atoms with Crippen molar-refractivity contribution in [3.05, 3.63) is 47.9 Å². The molecule has 10 heteroatoms. The molecule has 0 aliphatic carbocycles. The van der Waals surface area contributed by atoms with Crippen LogP contribution in [0.3, 0.4) is 0 Å². The lowest BCUT2D eigenvalue weighted by atomic mass is 9.81. The molecule has 0 bridgehead atoms. The minimum Gasteiger partial charge on any atom is -0.491 e. The molecule has 0 amide bonds. The first kappa shape index (κ1) is 22.0. The van der Waals surface area contributed by atoms with Crippen LogP contribution in [0.4, 0.5) is 19.0 Å². The maximum absolute atomic E-state index is 13.3. The molecule has 3 aromatic rings. The Bertz CT molecular complexity index is 1160. The highest BCUT2D eigenvalue weighted by atomic mass is 19.4. The maximum atomic E-state index is 13.3. The number of para-hydroxylation sites is 1. The normalized spacial score (nSPS) is 22.0. The Hall–Kier alpha value is -2.85. The molecule has 5 rings (SSSR count). The molecule has 2 aliphatic heterocycles. The molecule has 7 nitrogen and oxygen atoms in total. The Morgan fingerprint density at radius 3 is 2.67 bits per heavy atom. The van der Waals surface area contributed by atoms with Crippen molar-refractivity contribution in [2.24, 2.45) is 5.92 Å². The second-order valence-corrected chi connectivity index (χ2v) is 9.16. The van der Waals surface area contributed by atoms with E-state index in [2.05, 4.69) is 39.0 Å². The summed E-state index contributed by atoms with van der Waals surface area (Å²) in [5.74, 6) is 1.49. The molecule has 0 radical (unpaired) electrons. The first-order valence-corrected chi connectivity index (χ1v) is 10.9. The molecule has 2 atom stereocenters. The predicted octanol–water partition coefficient (Wildman–Crippen LogP) is 4.25. The Morgan fingerprint density at radius 2 is 1.94 bits per heavy atom. The topological polar surface area (TPSA) is 75.3 Å². The van der Waals surface area contributed by atoms with Gasteiger partial charge in [0.1, 0.15) is 35.8 Å². The van der Waals surface area contributed by atoms with E-state index in [0.29, 0.717) is 23.7 Å². The summed E-state index contributed by atoms with van der Waals surface area (Å²) in [5, 5.41) is 3.72. The molecule has 176 valence electrons. The minimum atomic E-state index is -4.49. The number of rotatable bonds is 5. The van der Waals surface area contributed by atoms with E-state index in [1.165, 1.54) is 6.33 Å². The fourth-order valence-corrected chi connectivity index (χ4v) is 4.58. The van der Waals surface area contributed by atoms with E-state index in [1.54, 1.807) is 7.11 Å². The van der Waals surface area contributed by atoms with Gasteiger partial charge in [0.2, 0.25) is 0 Å². The van der Waals surface area contributed by atoms with E-state index in [0.717, 1.165) is 30.5 Å². The second-order valence-electron chi connectivity index (χ2n) is 9.16. The van der Waals surface area contributed by atoms with Crippen LogP contribution < -0.4 is 10.1 Å². The van der Waals surface area contributed by atoms with Crippen LogP contribution in [0.25, 0.3) is 11.0 Å². The monoisotopic (exact) mass is 461 g/mol. The number of nitrogens with zero attached hydrogens (tertiary/aromatic N) is 3. The third kappa shape index (κ3) is 3.91. The number of hydrogen-bond donors (Lipinski definition) is 2. The van der Waals surface area contributed by atoms with Gasteiger partial charge in [0.25, 0.3) is 0 Å². The van der Waals surface area contributed by atoms with Gasteiger partial charge in [-0.2, -0.15) is 13.2 Å². The van der Waals surface area contributed by atoms with Gasteiger partial charge < -0.3 is 19.8 Å². The fourth-order valence-electron chi connectivity index (χ4n) is 4.58. The molecule has 1 saturated heterocycles. The van der Waals surface area contributed by atoms with Crippen molar-refractivity contribution >= 4 is 16.9 Å². The Kier molecular flexibility index (Phi) is 5.24. The zero-order valence-electron chi connectivity index (χ0n) is 18.6. The van der Waals surface area contributed by atoms with Crippen molar-refractivity contribution < 1.29 is 22.6 Å². The number of alkyl halides is 3. The van der Waals surface area contributed by atoms with E-state index in [1.807, 2.05) is 24.3 Å². The van der Waals surface area contributed by atoms with Gasteiger partial charge in [0.15, 0.2) is 0 Å². The SMILES string of the molecule is COC(C)(C)C1CN(C2COc3ccccc3C2Nc2ncnc3[nH]c(C(F)(F)F)cc23)C1. The fraction of sp³-hybridized carbons (Fsp3) is 0.478. The van der Waals surface area contributed by atoms with Crippen LogP contribution in [0.1, 0.15) is 31.1 Å². The van der Waals surface area contributed by atoms with Gasteiger partial charge in [-0.1, -0.05) is 18.2 Å². The summed E-state index contributed by atoms with van der Waals surface area (Å²) >= 11 is 0. The molecule has 2 aromatic heterocycles. The first-order valence-electron chi connectivity index (χ1n) is 10.9. The Labute approximate surface area is 189 Å². The standard InChI is InChI=1S/C23H26F3N5O2/c1-22(2,32-3)13-9-31(10-13)16-11-33-17-7-5-4-6-14(17)19(16)30-21-15-8-18(23(24,25)26)29-20(15)27-12-28-21/h4-8,12-13,16,19H,9-11H2,1-3H3,(H2,27,28,29,30). The highest BCUT2D eigenvalue weighted by Gasteiger charge is 2.46. The summed E-state index contributed by atoms with van der Waals surface area (Å²) in [6.07, 6.45) is -3.23. The molecule has 2 unspecified atom stereocenters. The minimum absolute atomic E-state index is 0.0187. The summed E-state index contributed by atoms with van der Waals surface area (Å²) in [4.78, 5) is 13.0. The predicted molar refractivity (Wildman–Crippen MR) is 117 cm³/mol. The van der Waals surface area contributed by atoms with E-state index >= 15 is 0 Å². The lowest BCUT2D eigenvalue weighted by Crippen LogP contribution is -2.63. The van der Waals surface area contributed by atoms with Crippen LogP contribution in [0.5, 0.6) is 5.75 Å². The summed E-state index contributed by atoms with van der Waals surface area (Å²) in [6, 6.07) is 8.53. The van der Waals surface area contributed by atoms with Gasteiger partial charge >= 0.3 is 6.18 Å². The van der Waals surface area contributed by atoms with Crippen molar-refractivity contribution in [3.8, 4) is 5.75 Å².